The third-order valence-electron chi connectivity index (χ3n) is 3.40. The molecule has 0 aliphatic carbocycles. The maximum atomic E-state index is 5.74. The quantitative estimate of drug-likeness (QED) is 0.369. The molecule has 0 aliphatic rings. The van der Waals surface area contributed by atoms with Crippen molar-refractivity contribution in [3.05, 3.63) is 60.7 Å². The van der Waals surface area contributed by atoms with E-state index >= 15 is 0 Å². The van der Waals surface area contributed by atoms with Gasteiger partial charge in [0.25, 0.3) is 0 Å². The second-order valence-electron chi connectivity index (χ2n) is 4.93. The van der Waals surface area contributed by atoms with Crippen molar-refractivity contribution in [2.75, 3.05) is 12.0 Å². The van der Waals surface area contributed by atoms with Gasteiger partial charge in [0.2, 0.25) is 0 Å². The van der Waals surface area contributed by atoms with Crippen LogP contribution in [0.15, 0.2) is 60.7 Å². The second-order valence-corrected chi connectivity index (χ2v) is 7.64. The lowest BCUT2D eigenvalue weighted by molar-refractivity contribution is 0.708. The Morgan fingerprint density at radius 2 is 1.15 bits per heavy atom. The Bertz CT molecular complexity index is 430. The van der Waals surface area contributed by atoms with E-state index in [1.165, 1.54) is 36.0 Å². The van der Waals surface area contributed by atoms with Gasteiger partial charge >= 0.3 is 0 Å². The molecule has 0 amide bonds. The number of hydrogen-bond donors (Lipinski definition) is 0. The minimum Gasteiger partial charge on any atom is -0.127 e. The van der Waals surface area contributed by atoms with Crippen LogP contribution >= 0.6 is 19.5 Å². The number of rotatable bonds is 8. The van der Waals surface area contributed by atoms with Gasteiger partial charge in [-0.3, -0.25) is 0 Å². The minimum atomic E-state index is -0.205. The summed E-state index contributed by atoms with van der Waals surface area (Å²) in [6.45, 7) is 0. The molecule has 2 aromatic carbocycles. The maximum absolute atomic E-state index is 5.74. The van der Waals surface area contributed by atoms with Crippen molar-refractivity contribution in [3.63, 3.8) is 0 Å². The largest absolute Gasteiger partial charge is 0.127 e. The van der Waals surface area contributed by atoms with Gasteiger partial charge in [-0.25, -0.2) is 0 Å². The van der Waals surface area contributed by atoms with Crippen LogP contribution in [-0.4, -0.2) is 12.0 Å². The third-order valence-corrected chi connectivity index (χ3v) is 6.27. The normalized spacial score (nSPS) is 10.9. The van der Waals surface area contributed by atoms with Crippen molar-refractivity contribution in [2.24, 2.45) is 0 Å². The van der Waals surface area contributed by atoms with Gasteiger partial charge in [-0.1, -0.05) is 73.5 Å². The third kappa shape index (κ3) is 4.93. The lowest BCUT2D eigenvalue weighted by Gasteiger charge is -2.18. The van der Waals surface area contributed by atoms with Crippen molar-refractivity contribution < 1.29 is 0 Å². The SMILES string of the molecule is ClCCCCCCP(c1ccccc1)c1ccccc1. The Morgan fingerprint density at radius 3 is 1.65 bits per heavy atom. The van der Waals surface area contributed by atoms with E-state index in [-0.39, 0.29) is 7.92 Å². The topological polar surface area (TPSA) is 0 Å². The molecule has 0 radical (unpaired) electrons. The molecular formula is C18H22ClP. The van der Waals surface area contributed by atoms with Crippen LogP contribution in [0.3, 0.4) is 0 Å². The zero-order chi connectivity index (χ0) is 14.0. The van der Waals surface area contributed by atoms with E-state index < -0.39 is 0 Å². The van der Waals surface area contributed by atoms with Crippen molar-refractivity contribution >= 4 is 30.1 Å². The predicted molar refractivity (Wildman–Crippen MR) is 93.1 cm³/mol. The number of benzene rings is 2. The van der Waals surface area contributed by atoms with E-state index in [4.69, 9.17) is 11.6 Å². The molecule has 20 heavy (non-hydrogen) atoms. The zero-order valence-electron chi connectivity index (χ0n) is 11.8. The first-order chi connectivity index (χ1) is 9.92. The summed E-state index contributed by atoms with van der Waals surface area (Å²) in [5.41, 5.74) is 0. The summed E-state index contributed by atoms with van der Waals surface area (Å²) in [4.78, 5) is 0. The molecule has 0 unspecified atom stereocenters. The highest BCUT2D eigenvalue weighted by Gasteiger charge is 2.12. The molecule has 106 valence electrons. The van der Waals surface area contributed by atoms with E-state index in [0.29, 0.717) is 0 Å². The number of alkyl halides is 1. The van der Waals surface area contributed by atoms with Crippen molar-refractivity contribution in [2.45, 2.75) is 25.7 Å². The minimum absolute atomic E-state index is 0.205. The first-order valence-corrected chi connectivity index (χ1v) is 9.41. The van der Waals surface area contributed by atoms with Gasteiger partial charge in [-0.15, -0.1) is 11.6 Å². The predicted octanol–water partition coefficient (Wildman–Crippen LogP) is 4.92. The highest BCUT2D eigenvalue weighted by atomic mass is 35.5. The molecule has 0 saturated carbocycles. The fourth-order valence-electron chi connectivity index (χ4n) is 2.34. The summed E-state index contributed by atoms with van der Waals surface area (Å²) in [5, 5.41) is 2.98. The summed E-state index contributed by atoms with van der Waals surface area (Å²) in [7, 11) is -0.205. The molecule has 0 N–H and O–H groups in total. The molecule has 2 aromatic rings. The molecule has 0 saturated heterocycles. The fourth-order valence-corrected chi connectivity index (χ4v) is 4.95. The van der Waals surface area contributed by atoms with Gasteiger partial charge in [0, 0.05) is 5.88 Å². The standard InChI is InChI=1S/C18H22ClP/c19-15-9-1-2-10-16-20(17-11-5-3-6-12-17)18-13-7-4-8-14-18/h3-8,11-14H,1-2,9-10,15-16H2. The molecule has 0 spiro atoms. The lowest BCUT2D eigenvalue weighted by Crippen LogP contribution is -2.13. The van der Waals surface area contributed by atoms with Gasteiger partial charge < -0.3 is 0 Å². The van der Waals surface area contributed by atoms with Gasteiger partial charge in [0.15, 0.2) is 0 Å². The van der Waals surface area contributed by atoms with Gasteiger partial charge in [-0.05, 0) is 37.5 Å². The average molecular weight is 305 g/mol. The zero-order valence-corrected chi connectivity index (χ0v) is 13.5. The lowest BCUT2D eigenvalue weighted by atomic mass is 10.2. The molecule has 0 nitrogen and oxygen atoms in total. The Hall–Kier alpha value is -0.840. The van der Waals surface area contributed by atoms with Crippen LogP contribution in [0.4, 0.5) is 0 Å². The number of unbranched alkanes of at least 4 members (excludes halogenated alkanes) is 3. The highest BCUT2D eigenvalue weighted by molar-refractivity contribution is 7.73. The van der Waals surface area contributed by atoms with Crippen LogP contribution in [0, 0.1) is 0 Å². The highest BCUT2D eigenvalue weighted by Crippen LogP contribution is 2.34. The first kappa shape index (κ1) is 15.5. The first-order valence-electron chi connectivity index (χ1n) is 7.35. The average Bonchev–Trinajstić information content (AvgIpc) is 2.53. The van der Waals surface area contributed by atoms with Crippen LogP contribution in [0.25, 0.3) is 0 Å². The molecule has 0 bridgehead atoms. The summed E-state index contributed by atoms with van der Waals surface area (Å²) in [5.74, 6) is 0.798. The monoisotopic (exact) mass is 304 g/mol. The smallest absolute Gasteiger partial charge is 0.0223 e. The van der Waals surface area contributed by atoms with Crippen LogP contribution in [-0.2, 0) is 0 Å². The van der Waals surface area contributed by atoms with E-state index in [2.05, 4.69) is 60.7 Å². The summed E-state index contributed by atoms with van der Waals surface area (Å²) < 4.78 is 0. The van der Waals surface area contributed by atoms with Crippen molar-refractivity contribution in [1.29, 1.82) is 0 Å². The summed E-state index contributed by atoms with van der Waals surface area (Å²) >= 11 is 5.74. The van der Waals surface area contributed by atoms with Crippen molar-refractivity contribution in [3.8, 4) is 0 Å². The summed E-state index contributed by atoms with van der Waals surface area (Å²) in [6, 6.07) is 21.9. The molecule has 0 heterocycles. The Morgan fingerprint density at radius 1 is 0.650 bits per heavy atom. The maximum Gasteiger partial charge on any atom is 0.0223 e. The van der Waals surface area contributed by atoms with E-state index in [0.717, 1.165) is 12.3 Å². The Labute approximate surface area is 128 Å². The van der Waals surface area contributed by atoms with Crippen LogP contribution < -0.4 is 10.6 Å². The molecular weight excluding hydrogens is 283 g/mol. The summed E-state index contributed by atoms with van der Waals surface area (Å²) in [6.07, 6.45) is 6.29. The molecule has 2 rings (SSSR count). The number of hydrogen-bond acceptors (Lipinski definition) is 0. The van der Waals surface area contributed by atoms with Crippen LogP contribution in [0.5, 0.6) is 0 Å². The molecule has 0 aliphatic heterocycles. The van der Waals surface area contributed by atoms with Gasteiger partial charge in [0.1, 0.15) is 0 Å². The Kier molecular flexibility index (Phi) is 7.12. The second kappa shape index (κ2) is 9.16. The van der Waals surface area contributed by atoms with E-state index in [9.17, 15) is 0 Å². The molecule has 0 atom stereocenters. The Balaban J connectivity index is 2.02. The fraction of sp³-hybridized carbons (Fsp3) is 0.333. The molecule has 2 heteroatoms. The van der Waals surface area contributed by atoms with Gasteiger partial charge in [-0.2, -0.15) is 0 Å². The number of halogens is 1. The van der Waals surface area contributed by atoms with E-state index in [1.807, 2.05) is 0 Å². The van der Waals surface area contributed by atoms with Crippen LogP contribution in [0.2, 0.25) is 0 Å². The van der Waals surface area contributed by atoms with Crippen molar-refractivity contribution in [1.82, 2.24) is 0 Å². The molecule has 0 aromatic heterocycles. The van der Waals surface area contributed by atoms with E-state index in [1.54, 1.807) is 0 Å². The van der Waals surface area contributed by atoms with Crippen LogP contribution in [0.1, 0.15) is 25.7 Å². The molecule has 0 fully saturated rings. The van der Waals surface area contributed by atoms with Gasteiger partial charge in [0.05, 0.1) is 0 Å².